The average Bonchev–Trinajstić information content (AvgIpc) is 2.97. The predicted molar refractivity (Wildman–Crippen MR) is 88.4 cm³/mol. The van der Waals surface area contributed by atoms with E-state index in [-0.39, 0.29) is 18.0 Å². The number of likely N-dealkylation sites (N-methyl/N-ethyl adjacent to an activating group) is 1. The number of carbonyl (C=O) groups is 1. The molecule has 0 bridgehead atoms. The molecule has 0 radical (unpaired) electrons. The maximum atomic E-state index is 13.0. The van der Waals surface area contributed by atoms with Crippen LogP contribution in [0.3, 0.4) is 0 Å². The lowest BCUT2D eigenvalue weighted by molar-refractivity contribution is -0.137. The van der Waals surface area contributed by atoms with E-state index in [9.17, 15) is 9.90 Å². The van der Waals surface area contributed by atoms with E-state index in [1.54, 1.807) is 0 Å². The van der Waals surface area contributed by atoms with Gasteiger partial charge in [0.1, 0.15) is 6.23 Å². The van der Waals surface area contributed by atoms with Crippen LogP contribution in [0, 0.1) is 5.92 Å². The summed E-state index contributed by atoms with van der Waals surface area (Å²) in [6.45, 7) is 4.93. The second-order valence-electron chi connectivity index (χ2n) is 7.09. The predicted octanol–water partition coefficient (Wildman–Crippen LogP) is 1.46. The maximum Gasteiger partial charge on any atom is 0.240 e. The zero-order chi connectivity index (χ0) is 16.1. The van der Waals surface area contributed by atoms with Gasteiger partial charge in [0.2, 0.25) is 5.91 Å². The molecule has 2 rings (SSSR count). The number of amides is 1. The van der Waals surface area contributed by atoms with Crippen LogP contribution in [0.4, 0.5) is 0 Å². The number of nitrogens with zero attached hydrogens (tertiary/aromatic N) is 1. The molecular weight excluding hydrogens is 278 g/mol. The molecule has 128 valence electrons. The van der Waals surface area contributed by atoms with Crippen molar-refractivity contribution < 1.29 is 9.90 Å². The molecule has 1 saturated carbocycles. The van der Waals surface area contributed by atoms with Gasteiger partial charge in [-0.25, -0.2) is 0 Å². The summed E-state index contributed by atoms with van der Waals surface area (Å²) < 4.78 is 0. The number of nitrogens with one attached hydrogen (secondary N) is 2. The third-order valence-electron chi connectivity index (χ3n) is 5.50. The van der Waals surface area contributed by atoms with Gasteiger partial charge in [-0.15, -0.1) is 0 Å². The van der Waals surface area contributed by atoms with E-state index in [2.05, 4.69) is 17.6 Å². The van der Waals surface area contributed by atoms with Crippen molar-refractivity contribution in [1.82, 2.24) is 15.5 Å². The second-order valence-corrected chi connectivity index (χ2v) is 7.09. The first-order valence-corrected chi connectivity index (χ1v) is 8.96. The van der Waals surface area contributed by atoms with Crippen molar-refractivity contribution in [2.24, 2.45) is 5.92 Å². The zero-order valence-corrected chi connectivity index (χ0v) is 14.3. The van der Waals surface area contributed by atoms with E-state index in [0.29, 0.717) is 12.0 Å². The standard InChI is InChI=1S/C17H33N3O2/c1-12-8-7-11-20(12)17(22)15(14-9-5-4-6-10-14)19-16(21)13(2)18-3/h12-16,18-19,21H,4-11H2,1-3H3/t12-,13?,15+,16?/m1/s1. The number of hydrogen-bond donors (Lipinski definition) is 3. The molecule has 22 heavy (non-hydrogen) atoms. The monoisotopic (exact) mass is 311 g/mol. The minimum Gasteiger partial charge on any atom is -0.377 e. The summed E-state index contributed by atoms with van der Waals surface area (Å²) in [5.41, 5.74) is 0. The van der Waals surface area contributed by atoms with Crippen LogP contribution >= 0.6 is 0 Å². The number of aliphatic hydroxyl groups is 1. The lowest BCUT2D eigenvalue weighted by Crippen LogP contribution is -2.58. The van der Waals surface area contributed by atoms with Crippen molar-refractivity contribution in [1.29, 1.82) is 0 Å². The molecule has 0 aromatic carbocycles. The van der Waals surface area contributed by atoms with E-state index in [4.69, 9.17) is 0 Å². The van der Waals surface area contributed by atoms with Gasteiger partial charge in [-0.05, 0) is 52.5 Å². The molecule has 4 atom stereocenters. The van der Waals surface area contributed by atoms with E-state index in [0.717, 1.165) is 32.2 Å². The number of likely N-dealkylation sites (tertiary alicyclic amines) is 1. The van der Waals surface area contributed by atoms with Crippen molar-refractivity contribution >= 4 is 5.91 Å². The van der Waals surface area contributed by atoms with E-state index in [1.807, 2.05) is 18.9 Å². The summed E-state index contributed by atoms with van der Waals surface area (Å²) in [7, 11) is 1.83. The van der Waals surface area contributed by atoms with Gasteiger partial charge in [-0.2, -0.15) is 0 Å². The van der Waals surface area contributed by atoms with E-state index < -0.39 is 6.23 Å². The molecule has 0 aromatic heterocycles. The second kappa shape index (κ2) is 8.27. The first-order chi connectivity index (χ1) is 10.5. The maximum absolute atomic E-state index is 13.0. The molecule has 1 heterocycles. The molecule has 2 aliphatic rings. The van der Waals surface area contributed by atoms with Crippen molar-refractivity contribution in [2.45, 2.75) is 83.1 Å². The van der Waals surface area contributed by atoms with Crippen LogP contribution in [-0.2, 0) is 4.79 Å². The van der Waals surface area contributed by atoms with Crippen molar-refractivity contribution in [2.75, 3.05) is 13.6 Å². The first-order valence-electron chi connectivity index (χ1n) is 8.96. The summed E-state index contributed by atoms with van der Waals surface area (Å²) >= 11 is 0. The molecule has 2 fully saturated rings. The van der Waals surface area contributed by atoms with Crippen molar-refractivity contribution in [3.63, 3.8) is 0 Å². The van der Waals surface area contributed by atoms with Crippen molar-refractivity contribution in [3.05, 3.63) is 0 Å². The Labute approximate surface area is 134 Å². The molecule has 2 unspecified atom stereocenters. The fourth-order valence-corrected chi connectivity index (χ4v) is 3.80. The number of carbonyl (C=O) groups excluding carboxylic acids is 1. The van der Waals surface area contributed by atoms with Crippen molar-refractivity contribution in [3.8, 4) is 0 Å². The van der Waals surface area contributed by atoms with Gasteiger partial charge in [0, 0.05) is 18.6 Å². The van der Waals surface area contributed by atoms with Gasteiger partial charge >= 0.3 is 0 Å². The van der Waals surface area contributed by atoms with Gasteiger partial charge in [-0.3, -0.25) is 10.1 Å². The normalized spacial score (nSPS) is 27.6. The Kier molecular flexibility index (Phi) is 6.66. The quantitative estimate of drug-likeness (QED) is 0.650. The minimum absolute atomic E-state index is 0.0742. The summed E-state index contributed by atoms with van der Waals surface area (Å²) in [5.74, 6) is 0.548. The van der Waals surface area contributed by atoms with E-state index in [1.165, 1.54) is 19.3 Å². The van der Waals surface area contributed by atoms with Gasteiger partial charge in [0.05, 0.1) is 6.04 Å². The highest BCUT2D eigenvalue weighted by atomic mass is 16.3. The van der Waals surface area contributed by atoms with Crippen LogP contribution < -0.4 is 10.6 Å². The topological polar surface area (TPSA) is 64.6 Å². The van der Waals surface area contributed by atoms with Gasteiger partial charge < -0.3 is 15.3 Å². The Hall–Kier alpha value is -0.650. The summed E-state index contributed by atoms with van der Waals surface area (Å²) in [6.07, 6.45) is 7.34. The summed E-state index contributed by atoms with van der Waals surface area (Å²) in [5, 5.41) is 16.6. The van der Waals surface area contributed by atoms with Crippen LogP contribution in [0.15, 0.2) is 0 Å². The highest BCUT2D eigenvalue weighted by Gasteiger charge is 2.37. The fraction of sp³-hybridized carbons (Fsp3) is 0.941. The first kappa shape index (κ1) is 17.7. The molecule has 0 spiro atoms. The Balaban J connectivity index is 2.07. The zero-order valence-electron chi connectivity index (χ0n) is 14.3. The number of aliphatic hydroxyl groups excluding tert-OH is 1. The molecular formula is C17H33N3O2. The van der Waals surface area contributed by atoms with Crippen LogP contribution in [0.2, 0.25) is 0 Å². The van der Waals surface area contributed by atoms with Gasteiger partial charge in [-0.1, -0.05) is 19.3 Å². The molecule has 5 nitrogen and oxygen atoms in total. The highest BCUT2D eigenvalue weighted by Crippen LogP contribution is 2.29. The Morgan fingerprint density at radius 3 is 2.41 bits per heavy atom. The highest BCUT2D eigenvalue weighted by molar-refractivity contribution is 5.82. The minimum atomic E-state index is -0.696. The molecule has 1 aliphatic carbocycles. The molecule has 0 aromatic rings. The molecule has 3 N–H and O–H groups in total. The third-order valence-corrected chi connectivity index (χ3v) is 5.50. The molecule has 1 aliphatic heterocycles. The summed E-state index contributed by atoms with van der Waals surface area (Å²) in [4.78, 5) is 15.1. The number of rotatable bonds is 6. The molecule has 1 amide bonds. The van der Waals surface area contributed by atoms with Crippen LogP contribution in [0.5, 0.6) is 0 Å². The van der Waals surface area contributed by atoms with E-state index >= 15 is 0 Å². The fourth-order valence-electron chi connectivity index (χ4n) is 3.80. The van der Waals surface area contributed by atoms with Crippen LogP contribution in [0.1, 0.15) is 58.8 Å². The largest absolute Gasteiger partial charge is 0.377 e. The Morgan fingerprint density at radius 1 is 1.18 bits per heavy atom. The van der Waals surface area contributed by atoms with Gasteiger partial charge in [0.15, 0.2) is 0 Å². The lowest BCUT2D eigenvalue weighted by atomic mass is 9.83. The lowest BCUT2D eigenvalue weighted by Gasteiger charge is -2.36. The SMILES string of the molecule is CNC(C)C(O)N[C@H](C(=O)N1CCC[C@H]1C)C1CCCCC1. The van der Waals surface area contributed by atoms with Gasteiger partial charge in [0.25, 0.3) is 0 Å². The number of hydrogen-bond acceptors (Lipinski definition) is 4. The smallest absolute Gasteiger partial charge is 0.240 e. The Morgan fingerprint density at radius 2 is 1.86 bits per heavy atom. The third kappa shape index (κ3) is 4.21. The Bertz CT molecular complexity index is 358. The van der Waals surface area contributed by atoms with Crippen LogP contribution in [-0.4, -0.2) is 53.9 Å². The van der Waals surface area contributed by atoms with Crippen LogP contribution in [0.25, 0.3) is 0 Å². The molecule has 1 saturated heterocycles. The molecule has 5 heteroatoms. The summed E-state index contributed by atoms with van der Waals surface area (Å²) in [6, 6.07) is 0.0146. The average molecular weight is 311 g/mol.